The Bertz CT molecular complexity index is 448. The predicted octanol–water partition coefficient (Wildman–Crippen LogP) is 2.25. The third kappa shape index (κ3) is 4.63. The van der Waals surface area contributed by atoms with Gasteiger partial charge in [-0.15, -0.1) is 0 Å². The van der Waals surface area contributed by atoms with E-state index in [4.69, 9.17) is 10.00 Å². The standard InChI is InChI=1S/C15H20N2O2/c1-4-17(11-12(2)10-16)15(18)9-13-5-7-14(19-3)8-6-13/h5-8,12H,4,9,11H2,1-3H3. The van der Waals surface area contributed by atoms with Crippen molar-refractivity contribution in [3.05, 3.63) is 29.8 Å². The quantitative estimate of drug-likeness (QED) is 0.788. The Morgan fingerprint density at radius 3 is 2.53 bits per heavy atom. The Morgan fingerprint density at radius 1 is 1.42 bits per heavy atom. The van der Waals surface area contributed by atoms with Crippen LogP contribution in [0.3, 0.4) is 0 Å². The normalized spacial score (nSPS) is 11.5. The molecule has 1 atom stereocenters. The molecular weight excluding hydrogens is 240 g/mol. The van der Waals surface area contributed by atoms with Gasteiger partial charge >= 0.3 is 0 Å². The van der Waals surface area contributed by atoms with Crippen LogP contribution in [0.5, 0.6) is 5.75 Å². The zero-order valence-electron chi connectivity index (χ0n) is 11.7. The molecule has 0 fully saturated rings. The van der Waals surface area contributed by atoms with E-state index in [-0.39, 0.29) is 11.8 Å². The van der Waals surface area contributed by atoms with Gasteiger partial charge in [-0.05, 0) is 31.5 Å². The average molecular weight is 260 g/mol. The first-order valence-electron chi connectivity index (χ1n) is 6.41. The molecule has 19 heavy (non-hydrogen) atoms. The molecule has 0 aliphatic rings. The molecule has 0 aromatic heterocycles. The molecule has 0 bridgehead atoms. The molecule has 1 unspecified atom stereocenters. The maximum absolute atomic E-state index is 12.1. The molecule has 0 heterocycles. The van der Waals surface area contributed by atoms with Crippen LogP contribution in [-0.4, -0.2) is 31.0 Å². The molecular formula is C15H20N2O2. The van der Waals surface area contributed by atoms with E-state index in [0.29, 0.717) is 19.5 Å². The summed E-state index contributed by atoms with van der Waals surface area (Å²) in [5.74, 6) is 0.691. The van der Waals surface area contributed by atoms with Gasteiger partial charge in [-0.25, -0.2) is 0 Å². The van der Waals surface area contributed by atoms with Crippen LogP contribution in [0.15, 0.2) is 24.3 Å². The lowest BCUT2D eigenvalue weighted by Gasteiger charge is -2.22. The maximum Gasteiger partial charge on any atom is 0.227 e. The molecule has 4 heteroatoms. The Morgan fingerprint density at radius 2 is 2.05 bits per heavy atom. The van der Waals surface area contributed by atoms with Crippen molar-refractivity contribution in [3.63, 3.8) is 0 Å². The van der Waals surface area contributed by atoms with Gasteiger partial charge in [0.15, 0.2) is 0 Å². The van der Waals surface area contributed by atoms with Crippen molar-refractivity contribution in [2.24, 2.45) is 5.92 Å². The number of hydrogen-bond acceptors (Lipinski definition) is 3. The van der Waals surface area contributed by atoms with Crippen LogP contribution in [0, 0.1) is 17.2 Å². The molecule has 1 aromatic rings. The van der Waals surface area contributed by atoms with E-state index in [1.807, 2.05) is 38.1 Å². The number of amides is 1. The topological polar surface area (TPSA) is 53.3 Å². The van der Waals surface area contributed by atoms with Crippen molar-refractivity contribution >= 4 is 5.91 Å². The Kier molecular flexibility index (Phi) is 5.87. The van der Waals surface area contributed by atoms with E-state index in [1.165, 1.54) is 0 Å². The lowest BCUT2D eigenvalue weighted by atomic mass is 10.1. The number of carbonyl (C=O) groups is 1. The van der Waals surface area contributed by atoms with Crippen molar-refractivity contribution in [3.8, 4) is 11.8 Å². The van der Waals surface area contributed by atoms with Crippen LogP contribution in [0.1, 0.15) is 19.4 Å². The molecule has 0 radical (unpaired) electrons. The summed E-state index contributed by atoms with van der Waals surface area (Å²) >= 11 is 0. The number of nitrogens with zero attached hydrogens (tertiary/aromatic N) is 2. The first-order valence-corrected chi connectivity index (χ1v) is 6.41. The lowest BCUT2D eigenvalue weighted by molar-refractivity contribution is -0.130. The third-order valence-corrected chi connectivity index (χ3v) is 2.96. The van der Waals surface area contributed by atoms with Crippen LogP contribution in [-0.2, 0) is 11.2 Å². The number of nitriles is 1. The molecule has 0 saturated carbocycles. The Balaban J connectivity index is 2.63. The smallest absolute Gasteiger partial charge is 0.227 e. The van der Waals surface area contributed by atoms with E-state index >= 15 is 0 Å². The highest BCUT2D eigenvalue weighted by Gasteiger charge is 2.15. The number of methoxy groups -OCH3 is 1. The van der Waals surface area contributed by atoms with Crippen LogP contribution in [0.4, 0.5) is 0 Å². The Hall–Kier alpha value is -2.02. The van der Waals surface area contributed by atoms with Crippen LogP contribution >= 0.6 is 0 Å². The van der Waals surface area contributed by atoms with Crippen LogP contribution in [0.2, 0.25) is 0 Å². The van der Waals surface area contributed by atoms with Gasteiger partial charge in [0.1, 0.15) is 5.75 Å². The minimum absolute atomic E-state index is 0.0507. The fourth-order valence-electron chi connectivity index (χ4n) is 1.81. The second-order valence-corrected chi connectivity index (χ2v) is 4.49. The maximum atomic E-state index is 12.1. The summed E-state index contributed by atoms with van der Waals surface area (Å²) in [5, 5.41) is 8.81. The number of ether oxygens (including phenoxy) is 1. The fraction of sp³-hybridized carbons (Fsp3) is 0.467. The van der Waals surface area contributed by atoms with Gasteiger partial charge < -0.3 is 9.64 Å². The molecule has 0 N–H and O–H groups in total. The number of benzene rings is 1. The minimum atomic E-state index is -0.139. The molecule has 1 rings (SSSR count). The van der Waals surface area contributed by atoms with Crippen molar-refractivity contribution in [1.29, 1.82) is 5.26 Å². The summed E-state index contributed by atoms with van der Waals surface area (Å²) in [6, 6.07) is 9.62. The van der Waals surface area contributed by atoms with E-state index < -0.39 is 0 Å². The molecule has 0 saturated heterocycles. The molecule has 1 aromatic carbocycles. The molecule has 102 valence electrons. The molecule has 0 aliphatic heterocycles. The summed E-state index contributed by atoms with van der Waals surface area (Å²) in [6.45, 7) is 4.86. The summed E-state index contributed by atoms with van der Waals surface area (Å²) in [7, 11) is 1.61. The summed E-state index contributed by atoms with van der Waals surface area (Å²) in [4.78, 5) is 13.9. The first kappa shape index (κ1) is 15.0. The van der Waals surface area contributed by atoms with Gasteiger partial charge in [0.2, 0.25) is 5.91 Å². The van der Waals surface area contributed by atoms with Crippen molar-refractivity contribution < 1.29 is 9.53 Å². The van der Waals surface area contributed by atoms with Crippen LogP contribution < -0.4 is 4.74 Å². The van der Waals surface area contributed by atoms with E-state index in [9.17, 15) is 4.79 Å². The number of hydrogen-bond donors (Lipinski definition) is 0. The highest BCUT2D eigenvalue weighted by molar-refractivity contribution is 5.78. The van der Waals surface area contributed by atoms with Crippen LogP contribution in [0.25, 0.3) is 0 Å². The van der Waals surface area contributed by atoms with Gasteiger partial charge in [0.05, 0.1) is 25.5 Å². The first-order chi connectivity index (χ1) is 9.10. The van der Waals surface area contributed by atoms with Gasteiger partial charge in [0.25, 0.3) is 0 Å². The van der Waals surface area contributed by atoms with Gasteiger partial charge in [-0.2, -0.15) is 5.26 Å². The highest BCUT2D eigenvalue weighted by atomic mass is 16.5. The van der Waals surface area contributed by atoms with E-state index in [0.717, 1.165) is 11.3 Å². The second kappa shape index (κ2) is 7.42. The van der Waals surface area contributed by atoms with E-state index in [1.54, 1.807) is 12.0 Å². The molecule has 4 nitrogen and oxygen atoms in total. The molecule has 1 amide bonds. The third-order valence-electron chi connectivity index (χ3n) is 2.96. The average Bonchev–Trinajstić information content (AvgIpc) is 2.45. The van der Waals surface area contributed by atoms with E-state index in [2.05, 4.69) is 6.07 Å². The Labute approximate surface area is 114 Å². The zero-order chi connectivity index (χ0) is 14.3. The molecule has 0 spiro atoms. The summed E-state index contributed by atoms with van der Waals surface area (Å²) in [5.41, 5.74) is 0.953. The lowest BCUT2D eigenvalue weighted by Crippen LogP contribution is -2.35. The second-order valence-electron chi connectivity index (χ2n) is 4.49. The van der Waals surface area contributed by atoms with Gasteiger partial charge in [-0.3, -0.25) is 4.79 Å². The zero-order valence-corrected chi connectivity index (χ0v) is 11.7. The molecule has 0 aliphatic carbocycles. The monoisotopic (exact) mass is 260 g/mol. The van der Waals surface area contributed by atoms with Crippen molar-refractivity contribution in [2.75, 3.05) is 20.2 Å². The summed E-state index contributed by atoms with van der Waals surface area (Å²) < 4.78 is 5.08. The summed E-state index contributed by atoms with van der Waals surface area (Å²) in [6.07, 6.45) is 0.357. The fourth-order valence-corrected chi connectivity index (χ4v) is 1.81. The largest absolute Gasteiger partial charge is 0.497 e. The highest BCUT2D eigenvalue weighted by Crippen LogP contribution is 2.12. The minimum Gasteiger partial charge on any atom is -0.497 e. The number of likely N-dealkylation sites (N-methyl/N-ethyl adjacent to an activating group) is 1. The predicted molar refractivity (Wildman–Crippen MR) is 73.7 cm³/mol. The van der Waals surface area contributed by atoms with Gasteiger partial charge in [-0.1, -0.05) is 12.1 Å². The SMILES string of the molecule is CCN(CC(C)C#N)C(=O)Cc1ccc(OC)cc1. The number of rotatable bonds is 6. The van der Waals surface area contributed by atoms with Crippen molar-refractivity contribution in [1.82, 2.24) is 4.90 Å². The van der Waals surface area contributed by atoms with Gasteiger partial charge in [0, 0.05) is 13.1 Å². The number of carbonyl (C=O) groups excluding carboxylic acids is 1. The van der Waals surface area contributed by atoms with Crippen molar-refractivity contribution in [2.45, 2.75) is 20.3 Å².